The summed E-state index contributed by atoms with van der Waals surface area (Å²) in [6.45, 7) is 5.35. The maximum atomic E-state index is 5.75. The number of rotatable bonds is 11. The van der Waals surface area contributed by atoms with Gasteiger partial charge in [-0.15, -0.1) is 0 Å². The second-order valence-electron chi connectivity index (χ2n) is 7.77. The molecule has 1 saturated carbocycles. The van der Waals surface area contributed by atoms with Crippen LogP contribution in [0.5, 0.6) is 5.75 Å². The Morgan fingerprint density at radius 1 is 0.792 bits per heavy atom. The van der Waals surface area contributed by atoms with Crippen LogP contribution in [-0.4, -0.2) is 6.61 Å². The van der Waals surface area contributed by atoms with Gasteiger partial charge >= 0.3 is 0 Å². The van der Waals surface area contributed by atoms with Crippen LogP contribution in [0.1, 0.15) is 90.0 Å². The van der Waals surface area contributed by atoms with Crippen LogP contribution in [-0.2, 0) is 6.42 Å². The maximum absolute atomic E-state index is 5.75. The number of hydrogen-bond donors (Lipinski definition) is 0. The van der Waals surface area contributed by atoms with Gasteiger partial charge in [0.25, 0.3) is 0 Å². The zero-order chi connectivity index (χ0) is 17.0. The third-order valence-corrected chi connectivity index (χ3v) is 5.71. The quantitative estimate of drug-likeness (QED) is 0.390. The molecule has 0 unspecified atom stereocenters. The molecule has 0 radical (unpaired) electrons. The van der Waals surface area contributed by atoms with E-state index in [2.05, 4.69) is 38.1 Å². The lowest BCUT2D eigenvalue weighted by molar-refractivity contribution is 0.249. The molecular formula is C23H38O. The van der Waals surface area contributed by atoms with E-state index in [1.807, 2.05) is 0 Å². The van der Waals surface area contributed by atoms with Gasteiger partial charge in [0.1, 0.15) is 5.75 Å². The highest BCUT2D eigenvalue weighted by Gasteiger charge is 2.20. The van der Waals surface area contributed by atoms with Crippen molar-refractivity contribution in [3.8, 4) is 5.75 Å². The molecule has 1 aliphatic carbocycles. The van der Waals surface area contributed by atoms with Gasteiger partial charge in [-0.2, -0.15) is 0 Å². The molecule has 1 heteroatoms. The zero-order valence-corrected chi connectivity index (χ0v) is 16.1. The molecule has 24 heavy (non-hydrogen) atoms. The summed E-state index contributed by atoms with van der Waals surface area (Å²) in [6.07, 6.45) is 16.6. The van der Waals surface area contributed by atoms with Gasteiger partial charge in [0.2, 0.25) is 0 Å². The van der Waals surface area contributed by atoms with Crippen LogP contribution in [0.3, 0.4) is 0 Å². The molecule has 1 aromatic rings. The summed E-state index contributed by atoms with van der Waals surface area (Å²) < 4.78 is 5.75. The molecule has 0 spiro atoms. The van der Waals surface area contributed by atoms with Crippen molar-refractivity contribution >= 4 is 0 Å². The molecule has 0 aromatic heterocycles. The lowest BCUT2D eigenvalue weighted by atomic mass is 9.78. The van der Waals surface area contributed by atoms with Crippen molar-refractivity contribution in [3.05, 3.63) is 29.8 Å². The molecule has 0 aliphatic heterocycles. The Hall–Kier alpha value is -0.980. The van der Waals surface area contributed by atoms with Gasteiger partial charge in [-0.1, -0.05) is 83.8 Å². The van der Waals surface area contributed by atoms with Crippen molar-refractivity contribution in [2.24, 2.45) is 11.8 Å². The van der Waals surface area contributed by atoms with Crippen molar-refractivity contribution in [2.45, 2.75) is 90.9 Å². The van der Waals surface area contributed by atoms with E-state index in [-0.39, 0.29) is 0 Å². The highest BCUT2D eigenvalue weighted by molar-refractivity contribution is 5.27. The second-order valence-corrected chi connectivity index (χ2v) is 7.77. The number of ether oxygens (including phenoxy) is 1. The Morgan fingerprint density at radius 2 is 1.42 bits per heavy atom. The normalized spacial score (nSPS) is 20.9. The number of aryl methyl sites for hydroxylation is 1. The minimum atomic E-state index is 0.845. The van der Waals surface area contributed by atoms with Crippen molar-refractivity contribution in [1.82, 2.24) is 0 Å². The Morgan fingerprint density at radius 3 is 2.04 bits per heavy atom. The minimum Gasteiger partial charge on any atom is -0.494 e. The summed E-state index contributed by atoms with van der Waals surface area (Å²) in [5, 5.41) is 0. The Bertz CT molecular complexity index is 414. The van der Waals surface area contributed by atoms with Gasteiger partial charge in [0, 0.05) is 0 Å². The third-order valence-electron chi connectivity index (χ3n) is 5.71. The van der Waals surface area contributed by atoms with E-state index in [1.165, 1.54) is 76.2 Å². The summed E-state index contributed by atoms with van der Waals surface area (Å²) in [4.78, 5) is 0. The topological polar surface area (TPSA) is 9.23 Å². The molecule has 1 aliphatic rings. The molecule has 0 bridgehead atoms. The second kappa shape index (κ2) is 11.6. The first-order valence-electron chi connectivity index (χ1n) is 10.5. The summed E-state index contributed by atoms with van der Waals surface area (Å²) >= 11 is 0. The van der Waals surface area contributed by atoms with Crippen LogP contribution in [0, 0.1) is 11.8 Å². The molecule has 0 amide bonds. The minimum absolute atomic E-state index is 0.845. The van der Waals surface area contributed by atoms with Gasteiger partial charge < -0.3 is 4.74 Å². The van der Waals surface area contributed by atoms with E-state index in [0.717, 1.165) is 30.6 Å². The standard InChI is InChI=1S/C23H38O/c1-3-5-7-8-20-9-11-21(12-10-20)13-14-22-15-17-23(18-16-22)24-19-6-4-2/h15-18,20-21H,3-14,19H2,1-2H3/t20-,21-. The molecule has 136 valence electrons. The first-order valence-corrected chi connectivity index (χ1v) is 10.5. The lowest BCUT2D eigenvalue weighted by Gasteiger charge is -2.28. The first-order chi connectivity index (χ1) is 11.8. The number of benzene rings is 1. The van der Waals surface area contributed by atoms with E-state index < -0.39 is 0 Å². The highest BCUT2D eigenvalue weighted by Crippen LogP contribution is 2.34. The fourth-order valence-electron chi connectivity index (χ4n) is 3.95. The van der Waals surface area contributed by atoms with Gasteiger partial charge in [0.05, 0.1) is 6.61 Å². The maximum Gasteiger partial charge on any atom is 0.119 e. The van der Waals surface area contributed by atoms with Crippen molar-refractivity contribution in [3.63, 3.8) is 0 Å². The summed E-state index contributed by atoms with van der Waals surface area (Å²) in [5.74, 6) is 3.03. The van der Waals surface area contributed by atoms with Crippen molar-refractivity contribution in [1.29, 1.82) is 0 Å². The van der Waals surface area contributed by atoms with E-state index in [1.54, 1.807) is 0 Å². The fraction of sp³-hybridized carbons (Fsp3) is 0.739. The van der Waals surface area contributed by atoms with Crippen LogP contribution < -0.4 is 4.74 Å². The smallest absolute Gasteiger partial charge is 0.119 e. The molecule has 2 rings (SSSR count). The van der Waals surface area contributed by atoms with Gasteiger partial charge in [-0.3, -0.25) is 0 Å². The van der Waals surface area contributed by atoms with E-state index in [9.17, 15) is 0 Å². The van der Waals surface area contributed by atoms with Gasteiger partial charge in [-0.05, 0) is 48.8 Å². The summed E-state index contributed by atoms with van der Waals surface area (Å²) in [5.41, 5.74) is 1.47. The monoisotopic (exact) mass is 330 g/mol. The van der Waals surface area contributed by atoms with Gasteiger partial charge in [0.15, 0.2) is 0 Å². The first kappa shape index (κ1) is 19.3. The third kappa shape index (κ3) is 7.28. The van der Waals surface area contributed by atoms with E-state index in [0.29, 0.717) is 0 Å². The molecular weight excluding hydrogens is 292 g/mol. The number of unbranched alkanes of at least 4 members (excludes halogenated alkanes) is 3. The van der Waals surface area contributed by atoms with Crippen LogP contribution in [0.25, 0.3) is 0 Å². The molecule has 1 nitrogen and oxygen atoms in total. The predicted molar refractivity (Wildman–Crippen MR) is 105 cm³/mol. The Kier molecular flexibility index (Phi) is 9.31. The molecule has 0 saturated heterocycles. The zero-order valence-electron chi connectivity index (χ0n) is 16.1. The van der Waals surface area contributed by atoms with Crippen molar-refractivity contribution < 1.29 is 4.74 Å². The average Bonchev–Trinajstić information content (AvgIpc) is 2.63. The Balaban J connectivity index is 1.62. The van der Waals surface area contributed by atoms with E-state index >= 15 is 0 Å². The lowest BCUT2D eigenvalue weighted by Crippen LogP contribution is -2.15. The number of hydrogen-bond acceptors (Lipinski definition) is 1. The van der Waals surface area contributed by atoms with Gasteiger partial charge in [-0.25, -0.2) is 0 Å². The largest absolute Gasteiger partial charge is 0.494 e. The molecule has 1 fully saturated rings. The molecule has 1 aromatic carbocycles. The van der Waals surface area contributed by atoms with Crippen LogP contribution in [0.2, 0.25) is 0 Å². The fourth-order valence-corrected chi connectivity index (χ4v) is 3.95. The van der Waals surface area contributed by atoms with Crippen LogP contribution in [0.15, 0.2) is 24.3 Å². The summed E-state index contributed by atoms with van der Waals surface area (Å²) in [7, 11) is 0. The summed E-state index contributed by atoms with van der Waals surface area (Å²) in [6, 6.07) is 8.82. The SMILES string of the molecule is CCCCC[C@H]1CC[C@H](CCc2ccc(OCCCC)cc2)CC1. The van der Waals surface area contributed by atoms with Crippen LogP contribution >= 0.6 is 0 Å². The molecule has 0 N–H and O–H groups in total. The molecule has 0 heterocycles. The van der Waals surface area contributed by atoms with E-state index in [4.69, 9.17) is 4.74 Å². The molecule has 0 atom stereocenters. The van der Waals surface area contributed by atoms with Crippen molar-refractivity contribution in [2.75, 3.05) is 6.61 Å². The average molecular weight is 331 g/mol. The Labute approximate surface area is 150 Å². The van der Waals surface area contributed by atoms with Crippen LogP contribution in [0.4, 0.5) is 0 Å². The predicted octanol–water partition coefficient (Wildman–Crippen LogP) is 7.18. The highest BCUT2D eigenvalue weighted by atomic mass is 16.5.